The molecule has 0 aliphatic carbocycles. The minimum atomic E-state index is -0.0859. The quantitative estimate of drug-likeness (QED) is 0.923. The molecule has 1 aliphatic heterocycles. The van der Waals surface area contributed by atoms with Gasteiger partial charge in [0.15, 0.2) is 0 Å². The molecule has 5 nitrogen and oxygen atoms in total. The van der Waals surface area contributed by atoms with Crippen molar-refractivity contribution >= 4 is 11.7 Å². The monoisotopic (exact) mass is 277 g/mol. The number of pyridine rings is 1. The molecule has 110 valence electrons. The number of hydrogen-bond donors (Lipinski definition) is 1. The predicted molar refractivity (Wildman–Crippen MR) is 79.0 cm³/mol. The molecule has 0 bridgehead atoms. The van der Waals surface area contributed by atoms with Crippen LogP contribution >= 0.6 is 0 Å². The minimum absolute atomic E-state index is 0.0197. The van der Waals surface area contributed by atoms with Gasteiger partial charge in [0.1, 0.15) is 5.69 Å². The normalized spacial score (nSPS) is 17.4. The summed E-state index contributed by atoms with van der Waals surface area (Å²) in [5.41, 5.74) is 0.819. The molecule has 1 saturated heterocycles. The van der Waals surface area contributed by atoms with E-state index in [2.05, 4.69) is 24.1 Å². The standard InChI is InChI=1S/C15H23N3O2/c1-11(2)20-13-12(6-5-8-16-13)17-14(19)18-9-7-15(3,4)10-18/h5-6,8,11H,7,9-10H2,1-4H3,(H,17,19). The van der Waals surface area contributed by atoms with Crippen LogP contribution in [-0.2, 0) is 0 Å². The van der Waals surface area contributed by atoms with Crippen molar-refractivity contribution in [3.05, 3.63) is 18.3 Å². The lowest BCUT2D eigenvalue weighted by Gasteiger charge is -2.21. The van der Waals surface area contributed by atoms with E-state index in [9.17, 15) is 4.79 Å². The van der Waals surface area contributed by atoms with E-state index < -0.39 is 0 Å². The average molecular weight is 277 g/mol. The van der Waals surface area contributed by atoms with Gasteiger partial charge in [0, 0.05) is 19.3 Å². The number of anilines is 1. The molecule has 0 saturated carbocycles. The maximum absolute atomic E-state index is 12.3. The second-order valence-corrected chi connectivity index (χ2v) is 6.29. The second kappa shape index (κ2) is 5.69. The molecule has 0 radical (unpaired) electrons. The highest BCUT2D eigenvalue weighted by Gasteiger charge is 2.32. The number of ether oxygens (including phenoxy) is 1. The average Bonchev–Trinajstić information content (AvgIpc) is 2.71. The Morgan fingerprint density at radius 1 is 1.50 bits per heavy atom. The lowest BCUT2D eigenvalue weighted by Crippen LogP contribution is -2.34. The summed E-state index contributed by atoms with van der Waals surface area (Å²) in [5.74, 6) is 0.467. The highest BCUT2D eigenvalue weighted by molar-refractivity contribution is 5.90. The van der Waals surface area contributed by atoms with E-state index in [0.29, 0.717) is 11.6 Å². The van der Waals surface area contributed by atoms with E-state index in [-0.39, 0.29) is 17.6 Å². The molecule has 1 aliphatic rings. The summed E-state index contributed by atoms with van der Waals surface area (Å²) in [5, 5.41) is 2.90. The van der Waals surface area contributed by atoms with Gasteiger partial charge in [0.05, 0.1) is 6.10 Å². The lowest BCUT2D eigenvalue weighted by atomic mass is 9.93. The van der Waals surface area contributed by atoms with Gasteiger partial charge in [-0.1, -0.05) is 13.8 Å². The number of likely N-dealkylation sites (tertiary alicyclic amines) is 1. The number of amides is 2. The zero-order valence-corrected chi connectivity index (χ0v) is 12.6. The van der Waals surface area contributed by atoms with Gasteiger partial charge in [0.2, 0.25) is 5.88 Å². The Hall–Kier alpha value is -1.78. The van der Waals surface area contributed by atoms with Crippen LogP contribution in [0.25, 0.3) is 0 Å². The number of hydrogen-bond acceptors (Lipinski definition) is 3. The summed E-state index contributed by atoms with van der Waals surface area (Å²) in [6.07, 6.45) is 2.71. The molecule has 0 spiro atoms. The van der Waals surface area contributed by atoms with E-state index in [0.717, 1.165) is 19.5 Å². The Bertz CT molecular complexity index is 486. The van der Waals surface area contributed by atoms with Crippen LogP contribution < -0.4 is 10.1 Å². The van der Waals surface area contributed by atoms with Crippen molar-refractivity contribution in [2.24, 2.45) is 5.41 Å². The van der Waals surface area contributed by atoms with Gasteiger partial charge in [-0.05, 0) is 37.8 Å². The zero-order chi connectivity index (χ0) is 14.8. The van der Waals surface area contributed by atoms with Gasteiger partial charge in [0.25, 0.3) is 0 Å². The van der Waals surface area contributed by atoms with Crippen LogP contribution in [0.15, 0.2) is 18.3 Å². The van der Waals surface area contributed by atoms with Crippen molar-refractivity contribution in [3.63, 3.8) is 0 Å². The van der Waals surface area contributed by atoms with Gasteiger partial charge in [-0.2, -0.15) is 0 Å². The molecule has 2 heterocycles. The molecule has 20 heavy (non-hydrogen) atoms. The first-order valence-corrected chi connectivity index (χ1v) is 7.05. The van der Waals surface area contributed by atoms with Crippen molar-refractivity contribution < 1.29 is 9.53 Å². The second-order valence-electron chi connectivity index (χ2n) is 6.29. The van der Waals surface area contributed by atoms with Crippen molar-refractivity contribution in [1.82, 2.24) is 9.88 Å². The number of rotatable bonds is 3. The number of nitrogens with one attached hydrogen (secondary N) is 1. The summed E-state index contributed by atoms with van der Waals surface area (Å²) in [6, 6.07) is 3.51. The predicted octanol–water partition coefficient (Wildman–Crippen LogP) is 3.13. The molecule has 5 heteroatoms. The molecule has 0 aromatic carbocycles. The molecule has 1 aromatic heterocycles. The van der Waals surface area contributed by atoms with E-state index in [1.54, 1.807) is 12.3 Å². The minimum Gasteiger partial charge on any atom is -0.473 e. The smallest absolute Gasteiger partial charge is 0.322 e. The van der Waals surface area contributed by atoms with Crippen molar-refractivity contribution in [3.8, 4) is 5.88 Å². The molecular weight excluding hydrogens is 254 g/mol. The molecule has 1 N–H and O–H groups in total. The highest BCUT2D eigenvalue weighted by Crippen LogP contribution is 2.30. The van der Waals surface area contributed by atoms with Crippen LogP contribution in [-0.4, -0.2) is 35.1 Å². The third-order valence-electron chi connectivity index (χ3n) is 3.32. The Morgan fingerprint density at radius 2 is 2.25 bits per heavy atom. The SMILES string of the molecule is CC(C)Oc1ncccc1NC(=O)N1CCC(C)(C)C1. The van der Waals surface area contributed by atoms with Crippen LogP contribution in [0.3, 0.4) is 0 Å². The van der Waals surface area contributed by atoms with Crippen molar-refractivity contribution in [2.45, 2.75) is 40.2 Å². The van der Waals surface area contributed by atoms with E-state index >= 15 is 0 Å². The Kier molecular flexibility index (Phi) is 4.16. The summed E-state index contributed by atoms with van der Waals surface area (Å²) < 4.78 is 5.61. The van der Waals surface area contributed by atoms with Crippen LogP contribution in [0, 0.1) is 5.41 Å². The van der Waals surface area contributed by atoms with E-state index in [4.69, 9.17) is 4.74 Å². The third kappa shape index (κ3) is 3.62. The molecule has 0 unspecified atom stereocenters. The van der Waals surface area contributed by atoms with Gasteiger partial charge >= 0.3 is 6.03 Å². The van der Waals surface area contributed by atoms with Crippen molar-refractivity contribution in [2.75, 3.05) is 18.4 Å². The summed E-state index contributed by atoms with van der Waals surface area (Å²) >= 11 is 0. The van der Waals surface area contributed by atoms with Crippen LogP contribution in [0.5, 0.6) is 5.88 Å². The zero-order valence-electron chi connectivity index (χ0n) is 12.6. The maximum atomic E-state index is 12.3. The molecule has 1 fully saturated rings. The Morgan fingerprint density at radius 3 is 2.85 bits per heavy atom. The maximum Gasteiger partial charge on any atom is 0.322 e. The van der Waals surface area contributed by atoms with Crippen LogP contribution in [0.1, 0.15) is 34.1 Å². The first-order valence-electron chi connectivity index (χ1n) is 7.05. The summed E-state index contributed by atoms with van der Waals surface area (Å²) in [6.45, 7) is 9.79. The molecule has 0 atom stereocenters. The molecular formula is C15H23N3O2. The number of urea groups is 1. The van der Waals surface area contributed by atoms with Crippen molar-refractivity contribution in [1.29, 1.82) is 0 Å². The Balaban J connectivity index is 2.05. The summed E-state index contributed by atoms with van der Waals surface area (Å²) in [7, 11) is 0. The number of carbonyl (C=O) groups excluding carboxylic acids is 1. The Labute approximate surface area is 120 Å². The number of aromatic nitrogens is 1. The van der Waals surface area contributed by atoms with Gasteiger partial charge in [-0.25, -0.2) is 9.78 Å². The fourth-order valence-electron chi connectivity index (χ4n) is 2.28. The first kappa shape index (κ1) is 14.6. The number of nitrogens with zero attached hydrogens (tertiary/aromatic N) is 2. The largest absolute Gasteiger partial charge is 0.473 e. The van der Waals surface area contributed by atoms with Gasteiger partial charge in [-0.15, -0.1) is 0 Å². The summed E-state index contributed by atoms with van der Waals surface area (Å²) in [4.78, 5) is 18.3. The van der Waals surface area contributed by atoms with Gasteiger partial charge < -0.3 is 15.0 Å². The lowest BCUT2D eigenvalue weighted by molar-refractivity contribution is 0.215. The topological polar surface area (TPSA) is 54.5 Å². The highest BCUT2D eigenvalue weighted by atomic mass is 16.5. The number of carbonyl (C=O) groups is 1. The van der Waals surface area contributed by atoms with E-state index in [1.807, 2.05) is 24.8 Å². The fraction of sp³-hybridized carbons (Fsp3) is 0.600. The molecule has 2 amide bonds. The fourth-order valence-corrected chi connectivity index (χ4v) is 2.28. The van der Waals surface area contributed by atoms with Gasteiger partial charge in [-0.3, -0.25) is 0 Å². The molecule has 1 aromatic rings. The van der Waals surface area contributed by atoms with Crippen LogP contribution in [0.4, 0.5) is 10.5 Å². The third-order valence-corrected chi connectivity index (χ3v) is 3.32. The van der Waals surface area contributed by atoms with Crippen LogP contribution in [0.2, 0.25) is 0 Å². The molecule has 2 rings (SSSR count). The van der Waals surface area contributed by atoms with E-state index in [1.165, 1.54) is 0 Å². The first-order chi connectivity index (χ1) is 9.37.